The quantitative estimate of drug-likeness (QED) is 0.123. The van der Waals surface area contributed by atoms with E-state index in [1.807, 2.05) is 0 Å². The summed E-state index contributed by atoms with van der Waals surface area (Å²) in [5.41, 5.74) is 11.2. The second-order valence-corrected chi connectivity index (χ2v) is 25.8. The number of rotatable bonds is 4. The Morgan fingerprint density at radius 3 is 0.567 bits per heavy atom. The van der Waals surface area contributed by atoms with E-state index in [4.69, 9.17) is 0 Å². The van der Waals surface area contributed by atoms with Gasteiger partial charge in [-0.2, -0.15) is 24.3 Å². The molecule has 0 aromatic heterocycles. The third-order valence-corrected chi connectivity index (χ3v) is 16.5. The molecule has 0 saturated heterocycles. The van der Waals surface area contributed by atoms with Crippen molar-refractivity contribution in [2.24, 2.45) is 0 Å². The van der Waals surface area contributed by atoms with Crippen LogP contribution >= 0.6 is 31.7 Å². The van der Waals surface area contributed by atoms with Crippen LogP contribution < -0.4 is 46.0 Å². The van der Waals surface area contributed by atoms with Crippen molar-refractivity contribution in [1.29, 1.82) is 0 Å². The molecule has 0 spiro atoms. The summed E-state index contributed by atoms with van der Waals surface area (Å²) in [5.74, 6) is 0. The van der Waals surface area contributed by atoms with Crippen molar-refractivity contribution in [3.05, 3.63) is 142 Å². The zero-order valence-electron chi connectivity index (χ0n) is 38.8. The van der Waals surface area contributed by atoms with E-state index in [0.717, 1.165) is 0 Å². The first-order valence-electron chi connectivity index (χ1n) is 19.7. The van der Waals surface area contributed by atoms with Gasteiger partial charge in [-0.3, -0.25) is 0 Å². The number of hydrogen-bond acceptors (Lipinski definition) is 0. The first-order valence-corrected chi connectivity index (χ1v) is 28.7. The van der Waals surface area contributed by atoms with E-state index in [0.29, 0.717) is 0 Å². The Bertz CT molecular complexity index is 2080. The van der Waals surface area contributed by atoms with E-state index in [-0.39, 0.29) is 109 Å². The van der Waals surface area contributed by atoms with Gasteiger partial charge in [-0.25, -0.2) is 0 Å². The second kappa shape index (κ2) is 25.2. The van der Waals surface area contributed by atoms with Gasteiger partial charge in [0.05, 0.1) is 0 Å². The molecule has 0 atom stereocenters. The fourth-order valence-electron chi connectivity index (χ4n) is 7.33. The molecule has 8 heteroatoms. The van der Waals surface area contributed by atoms with Gasteiger partial charge in [0.15, 0.2) is 0 Å². The molecule has 8 aromatic rings. The minimum atomic E-state index is 0. The fraction of sp³-hybridized carbons (Fsp3) is 0.308. The van der Waals surface area contributed by atoms with Crippen molar-refractivity contribution in [2.45, 2.75) is 55.4 Å². The Hall–Kier alpha value is -0.614. The summed E-state index contributed by atoms with van der Waals surface area (Å²) in [7, 11) is 0.131. The van der Waals surface area contributed by atoms with Gasteiger partial charge < -0.3 is 24.8 Å². The Morgan fingerprint density at radius 2 is 0.433 bits per heavy atom. The van der Waals surface area contributed by atoms with Crippen molar-refractivity contribution in [3.63, 3.8) is 0 Å². The monoisotopic (exact) mass is 1060 g/mol. The molecular weight excluding hydrogens is 1000 g/mol. The third kappa shape index (κ3) is 13.7. The van der Waals surface area contributed by atoms with Gasteiger partial charge in [-0.1, -0.05) is 74.2 Å². The molecule has 0 amide bonds. The second-order valence-electron chi connectivity index (χ2n) is 16.5. The van der Waals surface area contributed by atoms with E-state index < -0.39 is 0 Å². The number of hydrogen-bond donors (Lipinski definition) is 0. The SMILES string of the molecule is Cc1ccc(C)c2[cH-]c(P(C)C)cc12.Cc1ccc(C)c2[cH-]c(P(C)C)cc12.Cc1ccc(C)c2[cH-]c(P(C)C)cc12.Cc1ccc(C)c2[cH-]c(P(C)C)cc12.[Cl-].[Cl-].[Zr+2].[Zr+2]. The molecule has 0 saturated carbocycles. The van der Waals surface area contributed by atoms with Crippen LogP contribution in [0.1, 0.15) is 44.5 Å². The molecule has 0 nitrogen and oxygen atoms in total. The van der Waals surface area contributed by atoms with Crippen LogP contribution in [-0.2, 0) is 52.4 Å². The van der Waals surface area contributed by atoms with E-state index in [9.17, 15) is 0 Å². The Labute approximate surface area is 419 Å². The number of fused-ring (bicyclic) bond motifs is 4. The molecule has 8 rings (SSSR count). The summed E-state index contributed by atoms with van der Waals surface area (Å²) in [6.45, 7) is 36.1. The molecular formula is C52H64Cl2P4Zr2-2. The standard InChI is InChI=1S/4C13H16P.2ClH.2Zr/c4*1-9-5-6-10(2)13-8-11(14(3)4)7-12(9)13;;;;/h4*5-8H,1-4H3;2*1H;;/q4*-1;;;2*+2/p-2. The summed E-state index contributed by atoms with van der Waals surface area (Å²) in [4.78, 5) is 0. The molecule has 8 aromatic carbocycles. The summed E-state index contributed by atoms with van der Waals surface area (Å²) in [6, 6.07) is 36.7. The Kier molecular flexibility index (Phi) is 24.1. The van der Waals surface area contributed by atoms with Crippen LogP contribution in [0, 0.1) is 55.4 Å². The van der Waals surface area contributed by atoms with E-state index in [1.54, 1.807) is 0 Å². The summed E-state index contributed by atoms with van der Waals surface area (Å²) < 4.78 is 0. The average Bonchev–Trinajstić information content (AvgIpc) is 3.97. The number of halogens is 2. The molecule has 0 bridgehead atoms. The van der Waals surface area contributed by atoms with Crippen LogP contribution in [-0.4, -0.2) is 53.3 Å². The fourth-order valence-corrected chi connectivity index (χ4v) is 10.4. The van der Waals surface area contributed by atoms with Gasteiger partial charge in [0.2, 0.25) is 0 Å². The maximum absolute atomic E-state index is 2.36. The molecule has 0 aliphatic carbocycles. The maximum Gasteiger partial charge on any atom is 2.00 e. The predicted octanol–water partition coefficient (Wildman–Crippen LogP) is 8.17. The van der Waals surface area contributed by atoms with Crippen LogP contribution in [0.2, 0.25) is 0 Å². The van der Waals surface area contributed by atoms with E-state index in [1.165, 1.54) is 109 Å². The van der Waals surface area contributed by atoms with Crippen LogP contribution in [0.5, 0.6) is 0 Å². The van der Waals surface area contributed by atoms with Gasteiger partial charge in [-0.05, 0) is 81.0 Å². The van der Waals surface area contributed by atoms with Gasteiger partial charge in [0.25, 0.3) is 0 Å². The molecule has 0 aliphatic heterocycles. The van der Waals surface area contributed by atoms with Crippen LogP contribution in [0.3, 0.4) is 0 Å². The van der Waals surface area contributed by atoms with Gasteiger partial charge in [0, 0.05) is 0 Å². The van der Waals surface area contributed by atoms with Gasteiger partial charge >= 0.3 is 52.4 Å². The molecule has 0 radical (unpaired) electrons. The number of benzene rings is 4. The largest absolute Gasteiger partial charge is 2.00 e. The first-order chi connectivity index (χ1) is 26.4. The van der Waals surface area contributed by atoms with Crippen molar-refractivity contribution in [3.8, 4) is 0 Å². The summed E-state index contributed by atoms with van der Waals surface area (Å²) >= 11 is 0. The average molecular weight is 1070 g/mol. The Balaban J connectivity index is 0.000000391. The van der Waals surface area contributed by atoms with Crippen molar-refractivity contribution >= 4 is 96.0 Å². The zero-order chi connectivity index (χ0) is 41.2. The molecule has 0 N–H and O–H groups in total. The maximum atomic E-state index is 2.36. The van der Waals surface area contributed by atoms with Gasteiger partial charge in [0.1, 0.15) is 0 Å². The normalized spacial score (nSPS) is 10.7. The molecule has 0 unspecified atom stereocenters. The summed E-state index contributed by atoms with van der Waals surface area (Å²) in [6.07, 6.45) is 0. The minimum absolute atomic E-state index is 0. The molecule has 0 aliphatic rings. The van der Waals surface area contributed by atoms with E-state index >= 15 is 0 Å². The Morgan fingerprint density at radius 1 is 0.283 bits per heavy atom. The molecule has 0 fully saturated rings. The first kappa shape index (κ1) is 57.4. The summed E-state index contributed by atoms with van der Waals surface area (Å²) in [5, 5.41) is 17.6. The predicted molar refractivity (Wildman–Crippen MR) is 270 cm³/mol. The van der Waals surface area contributed by atoms with Crippen LogP contribution in [0.25, 0.3) is 43.1 Å². The van der Waals surface area contributed by atoms with Crippen LogP contribution in [0.15, 0.2) is 97.1 Å². The van der Waals surface area contributed by atoms with Crippen LogP contribution in [0.4, 0.5) is 0 Å². The number of aryl methyl sites for hydroxylation is 8. The molecule has 0 heterocycles. The zero-order valence-corrected chi connectivity index (χ0v) is 48.8. The third-order valence-electron chi connectivity index (χ3n) is 11.3. The van der Waals surface area contributed by atoms with Gasteiger partial charge in [-0.15, -0.1) is 167 Å². The smallest absolute Gasteiger partial charge is 1.00 e. The van der Waals surface area contributed by atoms with Crippen molar-refractivity contribution < 1.29 is 77.2 Å². The minimum Gasteiger partial charge on any atom is -1.00 e. The molecule has 60 heavy (non-hydrogen) atoms. The molecule has 316 valence electrons. The van der Waals surface area contributed by atoms with E-state index in [2.05, 4.69) is 206 Å². The van der Waals surface area contributed by atoms with Crippen molar-refractivity contribution in [2.75, 3.05) is 53.3 Å². The topological polar surface area (TPSA) is 0 Å². The van der Waals surface area contributed by atoms with Crippen molar-refractivity contribution in [1.82, 2.24) is 0 Å².